The van der Waals surface area contributed by atoms with Crippen LogP contribution < -0.4 is 0 Å². The van der Waals surface area contributed by atoms with Crippen LogP contribution in [0.5, 0.6) is 5.75 Å². The van der Waals surface area contributed by atoms with Gasteiger partial charge < -0.3 is 15.2 Å². The Labute approximate surface area is 84.0 Å². The van der Waals surface area contributed by atoms with Gasteiger partial charge in [0.05, 0.1) is 5.52 Å². The number of phenolic OH excluding ortho intramolecular Hbond substituents is 1. The quantitative estimate of drug-likeness (QED) is 0.646. The van der Waals surface area contributed by atoms with Gasteiger partial charge in [0, 0.05) is 10.9 Å². The zero-order chi connectivity index (χ0) is 11.0. The number of H-pyrrole nitrogens is 1. The smallest absolute Gasteiger partial charge is 0.352 e. The second kappa shape index (κ2) is 3.13. The molecule has 0 aliphatic carbocycles. The molecular formula is C10H7NO4. The number of aromatic hydroxyl groups is 1. The molecule has 1 aromatic heterocycles. The normalized spacial score (nSPS) is 10.4. The highest BCUT2D eigenvalue weighted by Gasteiger charge is 2.12. The van der Waals surface area contributed by atoms with Crippen LogP contribution in [0.4, 0.5) is 0 Å². The Hall–Kier alpha value is -2.30. The van der Waals surface area contributed by atoms with Crippen molar-refractivity contribution in [2.75, 3.05) is 0 Å². The number of hydrogen-bond donors (Lipinski definition) is 3. The molecule has 1 heterocycles. The summed E-state index contributed by atoms with van der Waals surface area (Å²) in [5, 5.41) is 18.6. The summed E-state index contributed by atoms with van der Waals surface area (Å²) in [7, 11) is 0. The molecule has 0 saturated heterocycles. The average Bonchev–Trinajstić information content (AvgIpc) is 2.64. The molecule has 0 spiro atoms. The standard InChI is InChI=1S/C10H7NO4/c12-4-5-1-2-8(13)9-6(5)3-7(11-9)10(14)15/h1-4,11,13H,(H,14,15). The number of benzene rings is 1. The molecule has 0 bridgehead atoms. The minimum atomic E-state index is -1.14. The Kier molecular flexibility index (Phi) is 1.93. The number of phenols is 1. The summed E-state index contributed by atoms with van der Waals surface area (Å²) in [6.07, 6.45) is 0.612. The molecule has 0 radical (unpaired) electrons. The van der Waals surface area contributed by atoms with Crippen LogP contribution in [0.15, 0.2) is 18.2 Å². The van der Waals surface area contributed by atoms with Crippen molar-refractivity contribution in [1.82, 2.24) is 4.98 Å². The largest absolute Gasteiger partial charge is 0.506 e. The molecule has 15 heavy (non-hydrogen) atoms. The lowest BCUT2D eigenvalue weighted by Crippen LogP contribution is -1.94. The third kappa shape index (κ3) is 1.34. The number of hydrogen-bond acceptors (Lipinski definition) is 3. The third-order valence-corrected chi connectivity index (χ3v) is 2.16. The van der Waals surface area contributed by atoms with Crippen molar-refractivity contribution in [2.45, 2.75) is 0 Å². The maximum absolute atomic E-state index is 10.7. The summed E-state index contributed by atoms with van der Waals surface area (Å²) >= 11 is 0. The van der Waals surface area contributed by atoms with Gasteiger partial charge in [0.15, 0.2) is 6.29 Å². The number of aromatic amines is 1. The molecule has 0 amide bonds. The van der Waals surface area contributed by atoms with Crippen LogP contribution in [-0.2, 0) is 0 Å². The fraction of sp³-hybridized carbons (Fsp3) is 0. The van der Waals surface area contributed by atoms with Crippen molar-refractivity contribution in [3.8, 4) is 5.75 Å². The molecule has 5 heteroatoms. The highest BCUT2D eigenvalue weighted by molar-refractivity contribution is 6.03. The SMILES string of the molecule is O=Cc1ccc(O)c2[nH]c(C(=O)O)cc12. The molecule has 2 aromatic rings. The Morgan fingerprint density at radius 3 is 2.73 bits per heavy atom. The Balaban J connectivity index is 2.83. The fourth-order valence-corrected chi connectivity index (χ4v) is 1.44. The van der Waals surface area contributed by atoms with Crippen molar-refractivity contribution < 1.29 is 19.8 Å². The second-order valence-corrected chi connectivity index (χ2v) is 3.07. The first kappa shape index (κ1) is 9.26. The number of carbonyl (C=O) groups excluding carboxylic acids is 1. The van der Waals surface area contributed by atoms with E-state index in [1.54, 1.807) is 0 Å². The van der Waals surface area contributed by atoms with Crippen molar-refractivity contribution >= 4 is 23.2 Å². The van der Waals surface area contributed by atoms with Crippen LogP contribution in [0.1, 0.15) is 20.8 Å². The molecule has 0 atom stereocenters. The summed E-state index contributed by atoms with van der Waals surface area (Å²) in [6, 6.07) is 4.10. The lowest BCUT2D eigenvalue weighted by atomic mass is 10.1. The van der Waals surface area contributed by atoms with E-state index in [0.29, 0.717) is 17.2 Å². The van der Waals surface area contributed by atoms with Gasteiger partial charge in [0.2, 0.25) is 0 Å². The number of rotatable bonds is 2. The number of aromatic carboxylic acids is 1. The summed E-state index contributed by atoms with van der Waals surface area (Å²) in [5.74, 6) is -1.22. The lowest BCUT2D eigenvalue weighted by Gasteiger charge is -1.96. The maximum Gasteiger partial charge on any atom is 0.352 e. The molecule has 0 aliphatic rings. The molecular weight excluding hydrogens is 198 g/mol. The average molecular weight is 205 g/mol. The van der Waals surface area contributed by atoms with Crippen LogP contribution in [0.25, 0.3) is 10.9 Å². The van der Waals surface area contributed by atoms with Gasteiger partial charge in [-0.3, -0.25) is 4.79 Å². The highest BCUT2D eigenvalue weighted by atomic mass is 16.4. The van der Waals surface area contributed by atoms with Crippen LogP contribution in [0, 0.1) is 0 Å². The van der Waals surface area contributed by atoms with Crippen LogP contribution in [-0.4, -0.2) is 27.5 Å². The molecule has 0 saturated carbocycles. The summed E-state index contributed by atoms with van der Waals surface area (Å²) in [4.78, 5) is 23.9. The molecule has 76 valence electrons. The van der Waals surface area contributed by atoms with Gasteiger partial charge in [-0.15, -0.1) is 0 Å². The number of carboxylic acids is 1. The van der Waals surface area contributed by atoms with E-state index in [2.05, 4.69) is 4.98 Å². The van der Waals surface area contributed by atoms with E-state index in [1.807, 2.05) is 0 Å². The topological polar surface area (TPSA) is 90.4 Å². The zero-order valence-corrected chi connectivity index (χ0v) is 7.52. The summed E-state index contributed by atoms with van der Waals surface area (Å²) in [5.41, 5.74) is 0.540. The lowest BCUT2D eigenvalue weighted by molar-refractivity contribution is 0.0691. The predicted molar refractivity (Wildman–Crippen MR) is 52.3 cm³/mol. The van der Waals surface area contributed by atoms with Gasteiger partial charge in [-0.05, 0) is 18.2 Å². The number of carbonyl (C=O) groups is 2. The van der Waals surface area contributed by atoms with Gasteiger partial charge in [0.25, 0.3) is 0 Å². The summed E-state index contributed by atoms with van der Waals surface area (Å²) in [6.45, 7) is 0. The van der Waals surface area contributed by atoms with E-state index in [4.69, 9.17) is 5.11 Å². The molecule has 3 N–H and O–H groups in total. The maximum atomic E-state index is 10.7. The Bertz CT molecular complexity index is 556. The monoisotopic (exact) mass is 205 g/mol. The summed E-state index contributed by atoms with van der Waals surface area (Å²) < 4.78 is 0. The van der Waals surface area contributed by atoms with Gasteiger partial charge in [0.1, 0.15) is 11.4 Å². The van der Waals surface area contributed by atoms with Crippen LogP contribution in [0.3, 0.4) is 0 Å². The number of aromatic nitrogens is 1. The van der Waals surface area contributed by atoms with E-state index < -0.39 is 5.97 Å². The van der Waals surface area contributed by atoms with Gasteiger partial charge in [-0.1, -0.05) is 0 Å². The predicted octanol–water partition coefficient (Wildman–Crippen LogP) is 1.38. The van der Waals surface area contributed by atoms with E-state index >= 15 is 0 Å². The van der Waals surface area contributed by atoms with Gasteiger partial charge >= 0.3 is 5.97 Å². The number of aldehydes is 1. The van der Waals surface area contributed by atoms with E-state index in [1.165, 1.54) is 18.2 Å². The fourth-order valence-electron chi connectivity index (χ4n) is 1.44. The van der Waals surface area contributed by atoms with E-state index in [0.717, 1.165) is 0 Å². The molecule has 0 fully saturated rings. The number of fused-ring (bicyclic) bond motifs is 1. The first-order valence-electron chi connectivity index (χ1n) is 4.16. The van der Waals surface area contributed by atoms with Crippen molar-refractivity contribution in [3.63, 3.8) is 0 Å². The number of carboxylic acid groups (broad SMARTS) is 1. The minimum Gasteiger partial charge on any atom is -0.506 e. The first-order valence-corrected chi connectivity index (χ1v) is 4.16. The minimum absolute atomic E-state index is 0.0606. The molecule has 1 aromatic carbocycles. The molecule has 2 rings (SSSR count). The Morgan fingerprint density at radius 2 is 2.13 bits per heavy atom. The number of nitrogens with one attached hydrogen (secondary N) is 1. The highest BCUT2D eigenvalue weighted by Crippen LogP contribution is 2.27. The molecule has 0 aliphatic heterocycles. The second-order valence-electron chi connectivity index (χ2n) is 3.07. The van der Waals surface area contributed by atoms with Crippen LogP contribution >= 0.6 is 0 Å². The van der Waals surface area contributed by atoms with Crippen molar-refractivity contribution in [3.05, 3.63) is 29.5 Å². The van der Waals surface area contributed by atoms with Crippen molar-refractivity contribution in [1.29, 1.82) is 0 Å². The molecule has 5 nitrogen and oxygen atoms in total. The van der Waals surface area contributed by atoms with Crippen LogP contribution in [0.2, 0.25) is 0 Å². The molecule has 0 unspecified atom stereocenters. The Morgan fingerprint density at radius 1 is 1.40 bits per heavy atom. The third-order valence-electron chi connectivity index (χ3n) is 2.16. The van der Waals surface area contributed by atoms with Crippen molar-refractivity contribution in [2.24, 2.45) is 0 Å². The van der Waals surface area contributed by atoms with E-state index in [-0.39, 0.29) is 17.0 Å². The van der Waals surface area contributed by atoms with Gasteiger partial charge in [-0.25, -0.2) is 4.79 Å². The first-order chi connectivity index (χ1) is 7.13. The zero-order valence-electron chi connectivity index (χ0n) is 7.52. The van der Waals surface area contributed by atoms with Gasteiger partial charge in [-0.2, -0.15) is 0 Å². The van der Waals surface area contributed by atoms with E-state index in [9.17, 15) is 14.7 Å².